The second-order valence-corrected chi connectivity index (χ2v) is 14.8. The van der Waals surface area contributed by atoms with Crippen LogP contribution in [0, 0.1) is 23.2 Å². The summed E-state index contributed by atoms with van der Waals surface area (Å²) in [6.45, 7) is 15.9. The molecule has 0 amide bonds. The molecule has 0 aliphatic carbocycles. The largest absolute Gasteiger partial charge is 0.457 e. The van der Waals surface area contributed by atoms with Crippen molar-refractivity contribution in [1.29, 1.82) is 0 Å². The lowest BCUT2D eigenvalue weighted by Crippen LogP contribution is -2.61. The molecule has 0 aromatic carbocycles. The highest BCUT2D eigenvalue weighted by Crippen LogP contribution is 2.45. The number of hydrogen-bond donors (Lipinski definition) is 2. The van der Waals surface area contributed by atoms with Gasteiger partial charge in [0.15, 0.2) is 17.7 Å². The van der Waals surface area contributed by atoms with Crippen LogP contribution in [-0.4, -0.2) is 109 Å². The smallest absolute Gasteiger partial charge is 0.319 e. The predicted molar refractivity (Wildman–Crippen MR) is 163 cm³/mol. The van der Waals surface area contributed by atoms with E-state index in [-0.39, 0.29) is 61.2 Å². The van der Waals surface area contributed by atoms with E-state index >= 15 is 0 Å². The van der Waals surface area contributed by atoms with Crippen molar-refractivity contribution in [3.63, 3.8) is 0 Å². The van der Waals surface area contributed by atoms with Gasteiger partial charge in [-0.1, -0.05) is 20.8 Å². The molecular formula is C33H56N2O9. The average molecular weight is 625 g/mol. The van der Waals surface area contributed by atoms with Gasteiger partial charge in [0, 0.05) is 30.5 Å². The lowest BCUT2D eigenvalue weighted by atomic mass is 9.70. The topological polar surface area (TPSA) is 133 Å². The SMILES string of the molecule is CC[C@H]1OC(=O)[C@@]2(C)CCO[C@](C)(C[C@@H](C)CN[C@H](C)[C@H]3CC(=O)O[C@@]31C)[C@H](O[C@@H]1OC(C)CC(N(C)C)C1O)[C@@H](C)C2=O. The normalized spacial score (nSPS) is 47.8. The summed E-state index contributed by atoms with van der Waals surface area (Å²) in [6.07, 6.45) is -1.71. The standard InChI is InChI=1S/C33H56N2O9/c1-11-24-33(8)22(15-25(36)44-33)21(5)34-17-18(2)16-32(7)28(43-29-26(37)23(35(9)10)14-19(3)41-29)20(4)27(38)31(6,12-13-40-32)30(39)42-24/h18-24,26,28-29,34,37H,11-17H2,1-10H3/t18-,19?,20+,21-,22-,23?,24-,26?,28-,29+,31+,32-,33+/m1/s1. The van der Waals surface area contributed by atoms with E-state index < -0.39 is 53.1 Å². The van der Waals surface area contributed by atoms with E-state index in [1.165, 1.54) is 0 Å². The van der Waals surface area contributed by atoms with Gasteiger partial charge in [-0.15, -0.1) is 0 Å². The van der Waals surface area contributed by atoms with Gasteiger partial charge in [0.1, 0.15) is 17.6 Å². The number of carbonyl (C=O) groups is 3. The fourth-order valence-electron chi connectivity index (χ4n) is 8.18. The lowest BCUT2D eigenvalue weighted by molar-refractivity contribution is -0.299. The van der Waals surface area contributed by atoms with Crippen LogP contribution in [0.4, 0.5) is 0 Å². The van der Waals surface area contributed by atoms with Crippen molar-refractivity contribution in [2.24, 2.45) is 23.2 Å². The van der Waals surface area contributed by atoms with Crippen LogP contribution in [0.15, 0.2) is 0 Å². The maximum Gasteiger partial charge on any atom is 0.319 e. The van der Waals surface area contributed by atoms with Crippen LogP contribution in [0.1, 0.15) is 87.5 Å². The molecule has 0 spiro atoms. The van der Waals surface area contributed by atoms with E-state index in [0.717, 1.165) is 0 Å². The number of likely N-dealkylation sites (N-methyl/N-ethyl adjacent to an activating group) is 1. The molecule has 0 aromatic heterocycles. The zero-order chi connectivity index (χ0) is 32.8. The second-order valence-electron chi connectivity index (χ2n) is 14.8. The molecular weight excluding hydrogens is 568 g/mol. The molecule has 3 unspecified atom stereocenters. The Hall–Kier alpha value is -1.63. The number of rotatable bonds is 4. The third-order valence-electron chi connectivity index (χ3n) is 10.9. The van der Waals surface area contributed by atoms with E-state index in [9.17, 15) is 19.5 Å². The highest BCUT2D eigenvalue weighted by atomic mass is 16.7. The zero-order valence-corrected chi connectivity index (χ0v) is 28.4. The number of carbonyl (C=O) groups excluding carboxylic acids is 3. The van der Waals surface area contributed by atoms with Gasteiger partial charge >= 0.3 is 11.9 Å². The molecule has 0 radical (unpaired) electrons. The number of hydrogen-bond acceptors (Lipinski definition) is 11. The van der Waals surface area contributed by atoms with Crippen molar-refractivity contribution in [2.45, 2.75) is 141 Å². The minimum absolute atomic E-state index is 0.0848. The zero-order valence-electron chi connectivity index (χ0n) is 28.4. The first-order chi connectivity index (χ1) is 20.5. The highest BCUT2D eigenvalue weighted by molar-refractivity contribution is 6.04. The molecule has 44 heavy (non-hydrogen) atoms. The number of ketones is 1. The Morgan fingerprint density at radius 1 is 1.09 bits per heavy atom. The van der Waals surface area contributed by atoms with E-state index in [1.807, 2.05) is 53.6 Å². The Labute approximate surface area is 263 Å². The lowest BCUT2D eigenvalue weighted by Gasteiger charge is -2.49. The molecule has 13 atom stereocenters. The molecule has 2 N–H and O–H groups in total. The first-order valence-electron chi connectivity index (χ1n) is 16.5. The number of aliphatic hydroxyl groups excluding tert-OH is 1. The van der Waals surface area contributed by atoms with Gasteiger partial charge in [-0.3, -0.25) is 14.4 Å². The molecule has 5 rings (SSSR count). The maximum absolute atomic E-state index is 14.5. The van der Waals surface area contributed by atoms with Crippen LogP contribution in [0.2, 0.25) is 0 Å². The summed E-state index contributed by atoms with van der Waals surface area (Å²) in [5.41, 5.74) is -3.50. The second kappa shape index (κ2) is 13.2. The molecule has 5 aliphatic rings. The molecule has 5 heterocycles. The molecule has 252 valence electrons. The Morgan fingerprint density at radius 3 is 2.41 bits per heavy atom. The molecule has 11 heteroatoms. The fraction of sp³-hybridized carbons (Fsp3) is 0.909. The number of fused-ring (bicyclic) bond motifs is 10. The van der Waals surface area contributed by atoms with Gasteiger partial charge in [-0.25, -0.2) is 0 Å². The average Bonchev–Trinajstić information content (AvgIpc) is 3.26. The van der Waals surface area contributed by atoms with E-state index in [0.29, 0.717) is 25.8 Å². The predicted octanol–water partition coefficient (Wildman–Crippen LogP) is 2.85. The summed E-state index contributed by atoms with van der Waals surface area (Å²) in [5, 5.41) is 14.9. The first kappa shape index (κ1) is 35.2. The van der Waals surface area contributed by atoms with Crippen molar-refractivity contribution in [3.8, 4) is 0 Å². The summed E-state index contributed by atoms with van der Waals surface area (Å²) in [7, 11) is 3.83. The van der Waals surface area contributed by atoms with Crippen LogP contribution in [-0.2, 0) is 38.1 Å². The number of aliphatic hydroxyl groups is 1. The quantitative estimate of drug-likeness (QED) is 0.353. The van der Waals surface area contributed by atoms with Gasteiger partial charge in [0.2, 0.25) is 0 Å². The van der Waals surface area contributed by atoms with Gasteiger partial charge in [-0.05, 0) is 86.9 Å². The summed E-state index contributed by atoms with van der Waals surface area (Å²) in [5.74, 6) is -2.22. The van der Waals surface area contributed by atoms with Gasteiger partial charge in [-0.2, -0.15) is 0 Å². The van der Waals surface area contributed by atoms with E-state index in [2.05, 4.69) is 12.2 Å². The van der Waals surface area contributed by atoms with Gasteiger partial charge < -0.3 is 39.0 Å². The minimum atomic E-state index is -1.52. The molecule has 5 saturated heterocycles. The Bertz CT molecular complexity index is 1070. The first-order valence-corrected chi connectivity index (χ1v) is 16.5. The number of Topliss-reactive ketones (excluding diaryl/α,β-unsaturated/α-hetero) is 1. The fourth-order valence-corrected chi connectivity index (χ4v) is 8.18. The third-order valence-corrected chi connectivity index (χ3v) is 10.9. The van der Waals surface area contributed by atoms with E-state index in [1.54, 1.807) is 13.8 Å². The third kappa shape index (κ3) is 6.60. The van der Waals surface area contributed by atoms with Crippen molar-refractivity contribution < 1.29 is 43.2 Å². The van der Waals surface area contributed by atoms with Crippen LogP contribution in [0.5, 0.6) is 0 Å². The molecule has 0 aromatic rings. The van der Waals surface area contributed by atoms with E-state index in [4.69, 9.17) is 23.7 Å². The molecule has 5 fully saturated rings. The summed E-state index contributed by atoms with van der Waals surface area (Å²) >= 11 is 0. The Morgan fingerprint density at radius 2 is 1.77 bits per heavy atom. The Balaban J connectivity index is 1.76. The molecule has 0 saturated carbocycles. The van der Waals surface area contributed by atoms with Crippen molar-refractivity contribution in [3.05, 3.63) is 0 Å². The Kier molecular flexibility index (Phi) is 10.6. The minimum Gasteiger partial charge on any atom is -0.457 e. The van der Waals surface area contributed by atoms with Gasteiger partial charge in [0.25, 0.3) is 0 Å². The number of nitrogens with one attached hydrogen (secondary N) is 1. The number of nitrogens with zero attached hydrogens (tertiary/aromatic N) is 1. The monoisotopic (exact) mass is 624 g/mol. The van der Waals surface area contributed by atoms with Gasteiger partial charge in [0.05, 0.1) is 24.2 Å². The number of esters is 2. The van der Waals surface area contributed by atoms with Crippen LogP contribution in [0.3, 0.4) is 0 Å². The highest BCUT2D eigenvalue weighted by Gasteiger charge is 2.58. The summed E-state index contributed by atoms with van der Waals surface area (Å²) in [6, 6.07) is -0.304. The molecule has 2 bridgehead atoms. The summed E-state index contributed by atoms with van der Waals surface area (Å²) in [4.78, 5) is 43.1. The van der Waals surface area contributed by atoms with Crippen LogP contribution in [0.25, 0.3) is 0 Å². The molecule has 11 nitrogen and oxygen atoms in total. The van der Waals surface area contributed by atoms with Crippen LogP contribution < -0.4 is 5.32 Å². The molecule has 5 aliphatic heterocycles. The summed E-state index contributed by atoms with van der Waals surface area (Å²) < 4.78 is 31.5. The van der Waals surface area contributed by atoms with Crippen molar-refractivity contribution in [2.75, 3.05) is 27.2 Å². The van der Waals surface area contributed by atoms with Crippen molar-refractivity contribution >= 4 is 17.7 Å². The van der Waals surface area contributed by atoms with Crippen LogP contribution >= 0.6 is 0 Å². The number of ether oxygens (including phenoxy) is 5. The van der Waals surface area contributed by atoms with Crippen molar-refractivity contribution in [1.82, 2.24) is 10.2 Å². The maximum atomic E-state index is 14.5.